The normalized spacial score (nSPS) is 12.6. The van der Waals surface area contributed by atoms with Crippen LogP contribution in [0.4, 0.5) is 0 Å². The molecule has 1 rings (SSSR count). The Labute approximate surface area is 88.4 Å². The minimum Gasteiger partial charge on any atom is -0.490 e. The van der Waals surface area contributed by atoms with Gasteiger partial charge in [-0.2, -0.15) is 0 Å². The number of aryl methyl sites for hydroxylation is 1. The van der Waals surface area contributed by atoms with Crippen molar-refractivity contribution in [2.75, 3.05) is 13.2 Å². The molecule has 1 aromatic carbocycles. The molecule has 0 fully saturated rings. The highest BCUT2D eigenvalue weighted by atomic mass is 35.5. The molecule has 0 aliphatic rings. The molecule has 1 aromatic rings. The summed E-state index contributed by atoms with van der Waals surface area (Å²) in [6, 6.07) is 5.15. The lowest BCUT2D eigenvalue weighted by Crippen LogP contribution is -2.31. The zero-order chi connectivity index (χ0) is 10.6. The molecular weight excluding hydrogens is 202 g/mol. The van der Waals surface area contributed by atoms with E-state index in [1.54, 1.807) is 6.07 Å². The second-order valence-corrected chi connectivity index (χ2v) is 3.59. The second kappa shape index (κ2) is 5.20. The number of aliphatic hydroxyl groups excluding tert-OH is 1. The molecule has 0 saturated carbocycles. The first-order chi connectivity index (χ1) is 6.63. The number of rotatable bonds is 4. The molecule has 0 radical (unpaired) electrons. The highest BCUT2D eigenvalue weighted by Gasteiger charge is 2.05. The SMILES string of the molecule is Cc1ccc(Cl)c(OCC(N)CO)c1. The summed E-state index contributed by atoms with van der Waals surface area (Å²) in [5.41, 5.74) is 6.56. The Balaban J connectivity index is 2.62. The van der Waals surface area contributed by atoms with Crippen molar-refractivity contribution in [2.24, 2.45) is 5.73 Å². The molecule has 0 aliphatic heterocycles. The Bertz CT molecular complexity index is 304. The molecule has 78 valence electrons. The molecule has 0 amide bonds. The van der Waals surface area contributed by atoms with Gasteiger partial charge in [0.1, 0.15) is 12.4 Å². The Morgan fingerprint density at radius 3 is 2.93 bits per heavy atom. The summed E-state index contributed by atoms with van der Waals surface area (Å²) >= 11 is 5.89. The average molecular weight is 216 g/mol. The average Bonchev–Trinajstić information content (AvgIpc) is 2.19. The van der Waals surface area contributed by atoms with Crippen LogP contribution in [0, 0.1) is 6.92 Å². The van der Waals surface area contributed by atoms with Crippen molar-refractivity contribution in [1.82, 2.24) is 0 Å². The van der Waals surface area contributed by atoms with Crippen LogP contribution in [-0.4, -0.2) is 24.4 Å². The summed E-state index contributed by atoms with van der Waals surface area (Å²) in [5, 5.41) is 9.25. The third-order valence-electron chi connectivity index (χ3n) is 1.77. The largest absolute Gasteiger partial charge is 0.490 e. The van der Waals surface area contributed by atoms with Gasteiger partial charge in [0.25, 0.3) is 0 Å². The Hall–Kier alpha value is -0.770. The summed E-state index contributed by atoms with van der Waals surface area (Å²) in [7, 11) is 0. The molecular formula is C10H14ClNO2. The van der Waals surface area contributed by atoms with Crippen molar-refractivity contribution in [2.45, 2.75) is 13.0 Å². The summed E-state index contributed by atoms with van der Waals surface area (Å²) in [4.78, 5) is 0. The number of hydrogen-bond donors (Lipinski definition) is 2. The first-order valence-electron chi connectivity index (χ1n) is 4.39. The van der Waals surface area contributed by atoms with Crippen LogP contribution in [0.25, 0.3) is 0 Å². The fourth-order valence-electron chi connectivity index (χ4n) is 0.971. The van der Waals surface area contributed by atoms with Crippen LogP contribution in [0.1, 0.15) is 5.56 Å². The van der Waals surface area contributed by atoms with Crippen LogP contribution >= 0.6 is 11.6 Å². The van der Waals surface area contributed by atoms with Crippen LogP contribution in [0.3, 0.4) is 0 Å². The zero-order valence-corrected chi connectivity index (χ0v) is 8.79. The van der Waals surface area contributed by atoms with Crippen LogP contribution in [-0.2, 0) is 0 Å². The van der Waals surface area contributed by atoms with Gasteiger partial charge in [-0.3, -0.25) is 0 Å². The minimum absolute atomic E-state index is 0.0938. The Morgan fingerprint density at radius 1 is 1.57 bits per heavy atom. The molecule has 14 heavy (non-hydrogen) atoms. The van der Waals surface area contributed by atoms with Crippen LogP contribution in [0.15, 0.2) is 18.2 Å². The highest BCUT2D eigenvalue weighted by Crippen LogP contribution is 2.25. The van der Waals surface area contributed by atoms with Crippen molar-refractivity contribution in [1.29, 1.82) is 0 Å². The van der Waals surface area contributed by atoms with Gasteiger partial charge >= 0.3 is 0 Å². The van der Waals surface area contributed by atoms with Gasteiger partial charge in [0.15, 0.2) is 0 Å². The van der Waals surface area contributed by atoms with Crippen molar-refractivity contribution >= 4 is 11.6 Å². The maximum absolute atomic E-state index is 8.70. The third-order valence-corrected chi connectivity index (χ3v) is 2.09. The van der Waals surface area contributed by atoms with Crippen molar-refractivity contribution in [3.63, 3.8) is 0 Å². The van der Waals surface area contributed by atoms with E-state index < -0.39 is 0 Å². The molecule has 4 heteroatoms. The maximum atomic E-state index is 8.70. The number of hydrogen-bond acceptors (Lipinski definition) is 3. The number of ether oxygens (including phenoxy) is 1. The van der Waals surface area contributed by atoms with Gasteiger partial charge in [0.05, 0.1) is 17.7 Å². The van der Waals surface area contributed by atoms with Crippen LogP contribution < -0.4 is 10.5 Å². The minimum atomic E-state index is -0.369. The molecule has 0 heterocycles. The van der Waals surface area contributed by atoms with E-state index in [-0.39, 0.29) is 19.3 Å². The first kappa shape index (κ1) is 11.3. The van der Waals surface area contributed by atoms with Gasteiger partial charge in [0.2, 0.25) is 0 Å². The summed E-state index contributed by atoms with van der Waals surface area (Å²) in [6.07, 6.45) is 0. The molecule has 0 aromatic heterocycles. The monoisotopic (exact) mass is 215 g/mol. The fourth-order valence-corrected chi connectivity index (χ4v) is 1.14. The fraction of sp³-hybridized carbons (Fsp3) is 0.400. The van der Waals surface area contributed by atoms with Gasteiger partial charge in [0, 0.05) is 0 Å². The standard InChI is InChI=1S/C10H14ClNO2/c1-7-2-3-9(11)10(4-7)14-6-8(12)5-13/h2-4,8,13H,5-6,12H2,1H3. The lowest BCUT2D eigenvalue weighted by molar-refractivity contribution is 0.206. The Morgan fingerprint density at radius 2 is 2.29 bits per heavy atom. The van der Waals surface area contributed by atoms with Crippen molar-refractivity contribution in [3.05, 3.63) is 28.8 Å². The van der Waals surface area contributed by atoms with E-state index in [2.05, 4.69) is 0 Å². The van der Waals surface area contributed by atoms with Gasteiger partial charge in [-0.15, -0.1) is 0 Å². The third kappa shape index (κ3) is 3.18. The van der Waals surface area contributed by atoms with Crippen molar-refractivity contribution < 1.29 is 9.84 Å². The smallest absolute Gasteiger partial charge is 0.138 e. The lowest BCUT2D eigenvalue weighted by Gasteiger charge is -2.12. The maximum Gasteiger partial charge on any atom is 0.138 e. The molecule has 0 bridgehead atoms. The number of benzene rings is 1. The molecule has 0 saturated heterocycles. The molecule has 3 nitrogen and oxygen atoms in total. The number of halogens is 1. The van der Waals surface area contributed by atoms with Gasteiger partial charge in [-0.25, -0.2) is 0 Å². The summed E-state index contributed by atoms with van der Waals surface area (Å²) < 4.78 is 5.35. The quantitative estimate of drug-likeness (QED) is 0.797. The molecule has 1 unspecified atom stereocenters. The molecule has 3 N–H and O–H groups in total. The highest BCUT2D eigenvalue weighted by molar-refractivity contribution is 6.32. The lowest BCUT2D eigenvalue weighted by atomic mass is 10.2. The van der Waals surface area contributed by atoms with E-state index >= 15 is 0 Å². The predicted molar refractivity (Wildman–Crippen MR) is 56.7 cm³/mol. The second-order valence-electron chi connectivity index (χ2n) is 3.19. The van der Waals surface area contributed by atoms with Crippen molar-refractivity contribution in [3.8, 4) is 5.75 Å². The van der Waals surface area contributed by atoms with E-state index in [1.807, 2.05) is 19.1 Å². The molecule has 0 aliphatic carbocycles. The predicted octanol–water partition coefficient (Wildman–Crippen LogP) is 1.35. The van der Waals surface area contributed by atoms with E-state index in [0.717, 1.165) is 5.56 Å². The summed E-state index contributed by atoms with van der Waals surface area (Å²) in [5.74, 6) is 0.607. The molecule has 1 atom stereocenters. The van der Waals surface area contributed by atoms with E-state index in [9.17, 15) is 0 Å². The van der Waals surface area contributed by atoms with Gasteiger partial charge in [-0.1, -0.05) is 17.7 Å². The van der Waals surface area contributed by atoms with Gasteiger partial charge in [-0.05, 0) is 24.6 Å². The summed E-state index contributed by atoms with van der Waals surface area (Å²) in [6.45, 7) is 2.12. The Kier molecular flexibility index (Phi) is 4.20. The van der Waals surface area contributed by atoms with E-state index in [4.69, 9.17) is 27.2 Å². The van der Waals surface area contributed by atoms with E-state index in [1.165, 1.54) is 0 Å². The van der Waals surface area contributed by atoms with E-state index in [0.29, 0.717) is 10.8 Å². The molecule has 0 spiro atoms. The number of aliphatic hydroxyl groups is 1. The van der Waals surface area contributed by atoms with Gasteiger partial charge < -0.3 is 15.6 Å². The zero-order valence-electron chi connectivity index (χ0n) is 8.03. The first-order valence-corrected chi connectivity index (χ1v) is 4.76. The van der Waals surface area contributed by atoms with Crippen LogP contribution in [0.2, 0.25) is 5.02 Å². The van der Waals surface area contributed by atoms with Crippen LogP contribution in [0.5, 0.6) is 5.75 Å². The number of nitrogens with two attached hydrogens (primary N) is 1. The topological polar surface area (TPSA) is 55.5 Å².